The van der Waals surface area contributed by atoms with Gasteiger partial charge >= 0.3 is 0 Å². The first-order chi connectivity index (χ1) is 15.7. The molecular formula is C25H22N4O2S. The average Bonchev–Trinajstić information content (AvgIpc) is 3.17. The van der Waals surface area contributed by atoms with E-state index in [2.05, 4.69) is 16.4 Å². The highest BCUT2D eigenvalue weighted by Gasteiger charge is 2.15. The number of carbonyl (C=O) groups is 1. The van der Waals surface area contributed by atoms with E-state index in [1.165, 1.54) is 0 Å². The zero-order valence-corrected chi connectivity index (χ0v) is 18.2. The van der Waals surface area contributed by atoms with Gasteiger partial charge in [0.05, 0.1) is 22.8 Å². The number of amides is 1. The maximum absolute atomic E-state index is 13.0. The number of hydrogen-bond acceptors (Lipinski definition) is 5. The van der Waals surface area contributed by atoms with Gasteiger partial charge in [0.25, 0.3) is 0 Å². The monoisotopic (exact) mass is 442 g/mol. The number of aromatic nitrogens is 2. The summed E-state index contributed by atoms with van der Waals surface area (Å²) in [6.07, 6.45) is 0.457. The predicted octanol–water partition coefficient (Wildman–Crippen LogP) is 5.26. The molecule has 32 heavy (non-hydrogen) atoms. The molecule has 4 aromatic rings. The molecule has 1 aromatic heterocycles. The van der Waals surface area contributed by atoms with Gasteiger partial charge in [-0.15, -0.1) is 11.8 Å². The fourth-order valence-electron chi connectivity index (χ4n) is 3.31. The van der Waals surface area contributed by atoms with Crippen LogP contribution >= 0.6 is 11.8 Å². The largest absolute Gasteiger partial charge is 0.486 e. The molecule has 6 nitrogen and oxygen atoms in total. The number of fused-ring (bicyclic) bond motifs is 1. The number of hydrogen-bond donors (Lipinski definition) is 1. The Labute approximate surface area is 190 Å². The molecule has 1 amide bonds. The number of anilines is 1. The van der Waals surface area contributed by atoms with Gasteiger partial charge in [-0.05, 0) is 36.4 Å². The Bertz CT molecular complexity index is 1250. The highest BCUT2D eigenvalue weighted by Crippen LogP contribution is 2.27. The maximum atomic E-state index is 13.0. The smallest absolute Gasteiger partial charge is 0.244 e. The Kier molecular flexibility index (Phi) is 7.05. The minimum Gasteiger partial charge on any atom is -0.486 e. The molecule has 0 aliphatic heterocycles. The Morgan fingerprint density at radius 2 is 1.78 bits per heavy atom. The van der Waals surface area contributed by atoms with Crippen molar-refractivity contribution in [3.8, 4) is 11.8 Å². The lowest BCUT2D eigenvalue weighted by Gasteiger charge is -2.13. The number of imidazole rings is 1. The fraction of sp³-hybridized carbons (Fsp3) is 0.160. The minimum absolute atomic E-state index is 0.116. The molecule has 0 aliphatic rings. The van der Waals surface area contributed by atoms with Crippen molar-refractivity contribution in [2.45, 2.75) is 24.5 Å². The molecule has 1 heterocycles. The minimum atomic E-state index is -0.151. The van der Waals surface area contributed by atoms with Crippen LogP contribution in [0.15, 0.2) is 83.8 Å². The van der Waals surface area contributed by atoms with E-state index in [1.807, 2.05) is 83.4 Å². The summed E-state index contributed by atoms with van der Waals surface area (Å²) in [5, 5.41) is 11.8. The first-order valence-corrected chi connectivity index (χ1v) is 11.2. The quantitative estimate of drug-likeness (QED) is 0.282. The molecular weight excluding hydrogens is 420 g/mol. The topological polar surface area (TPSA) is 79.9 Å². The predicted molar refractivity (Wildman–Crippen MR) is 127 cm³/mol. The van der Waals surface area contributed by atoms with Crippen molar-refractivity contribution in [3.63, 3.8) is 0 Å². The molecule has 7 heteroatoms. The summed E-state index contributed by atoms with van der Waals surface area (Å²) in [7, 11) is 0. The van der Waals surface area contributed by atoms with Crippen LogP contribution in [0, 0.1) is 11.3 Å². The molecule has 0 spiro atoms. The van der Waals surface area contributed by atoms with Gasteiger partial charge in [0.1, 0.15) is 24.7 Å². The third-order valence-electron chi connectivity index (χ3n) is 4.78. The van der Waals surface area contributed by atoms with Crippen molar-refractivity contribution in [1.29, 1.82) is 5.26 Å². The summed E-state index contributed by atoms with van der Waals surface area (Å²) in [5.41, 5.74) is 2.44. The van der Waals surface area contributed by atoms with E-state index < -0.39 is 0 Å². The normalized spacial score (nSPS) is 10.6. The van der Waals surface area contributed by atoms with Crippen LogP contribution in [0.25, 0.3) is 11.0 Å². The van der Waals surface area contributed by atoms with Gasteiger partial charge in [-0.25, -0.2) is 4.98 Å². The van der Waals surface area contributed by atoms with E-state index in [0.717, 1.165) is 27.4 Å². The van der Waals surface area contributed by atoms with E-state index in [-0.39, 0.29) is 19.1 Å². The number of benzene rings is 3. The van der Waals surface area contributed by atoms with Gasteiger partial charge in [-0.2, -0.15) is 5.26 Å². The van der Waals surface area contributed by atoms with Gasteiger partial charge in [-0.3, -0.25) is 4.79 Å². The third kappa shape index (κ3) is 5.29. The number of nitriles is 1. The van der Waals surface area contributed by atoms with Gasteiger partial charge in [0.15, 0.2) is 0 Å². The van der Waals surface area contributed by atoms with Crippen molar-refractivity contribution in [3.05, 3.63) is 84.7 Å². The lowest BCUT2D eigenvalue weighted by Crippen LogP contribution is -2.21. The lowest BCUT2D eigenvalue weighted by molar-refractivity contribution is -0.116. The van der Waals surface area contributed by atoms with Crippen LogP contribution < -0.4 is 10.1 Å². The summed E-state index contributed by atoms with van der Waals surface area (Å²) >= 11 is 1.56. The second-order valence-electron chi connectivity index (χ2n) is 7.01. The van der Waals surface area contributed by atoms with Gasteiger partial charge in [0.2, 0.25) is 5.91 Å². The molecule has 0 aliphatic carbocycles. The zero-order chi connectivity index (χ0) is 22.2. The Morgan fingerprint density at radius 3 is 2.62 bits per heavy atom. The first kappa shape index (κ1) is 21.5. The molecule has 0 radical (unpaired) electrons. The van der Waals surface area contributed by atoms with Crippen LogP contribution in [0.1, 0.15) is 12.2 Å². The number of para-hydroxylation sites is 4. The van der Waals surface area contributed by atoms with Crippen molar-refractivity contribution >= 4 is 34.4 Å². The molecule has 0 saturated carbocycles. The summed E-state index contributed by atoms with van der Waals surface area (Å²) < 4.78 is 7.78. The molecule has 4 rings (SSSR count). The Hall–Kier alpha value is -3.76. The van der Waals surface area contributed by atoms with Crippen molar-refractivity contribution in [2.75, 3.05) is 11.1 Å². The molecule has 0 fully saturated rings. The van der Waals surface area contributed by atoms with E-state index >= 15 is 0 Å². The van der Waals surface area contributed by atoms with Gasteiger partial charge in [0, 0.05) is 17.1 Å². The molecule has 160 valence electrons. The molecule has 0 bridgehead atoms. The SMILES string of the molecule is N#CCCSc1ccccc1NC(=O)Cn1c(COc2ccccc2)nc2ccccc21. The summed E-state index contributed by atoms with van der Waals surface area (Å²) in [5.74, 6) is 1.96. The third-order valence-corrected chi connectivity index (χ3v) is 5.85. The van der Waals surface area contributed by atoms with Crippen LogP contribution in [0.5, 0.6) is 5.75 Å². The maximum Gasteiger partial charge on any atom is 0.244 e. The summed E-state index contributed by atoms with van der Waals surface area (Å²) in [4.78, 5) is 18.6. The second-order valence-corrected chi connectivity index (χ2v) is 8.14. The standard InChI is InChI=1S/C25H22N4O2S/c26-15-8-16-32-23-14-7-5-12-21(23)28-25(30)17-29-22-13-6-4-11-20(22)27-24(29)18-31-19-9-2-1-3-10-19/h1-7,9-14H,8,16-18H2,(H,28,30). The number of nitrogens with zero attached hydrogens (tertiary/aromatic N) is 3. The van der Waals surface area contributed by atoms with Crippen molar-refractivity contribution in [2.24, 2.45) is 0 Å². The van der Waals surface area contributed by atoms with Crippen molar-refractivity contribution in [1.82, 2.24) is 9.55 Å². The molecule has 0 atom stereocenters. The van der Waals surface area contributed by atoms with Crippen LogP contribution in [0.4, 0.5) is 5.69 Å². The average molecular weight is 443 g/mol. The number of thioether (sulfide) groups is 1. The van der Waals surface area contributed by atoms with E-state index in [4.69, 9.17) is 10.00 Å². The lowest BCUT2D eigenvalue weighted by atomic mass is 10.3. The van der Waals surface area contributed by atoms with Crippen molar-refractivity contribution < 1.29 is 9.53 Å². The molecule has 1 N–H and O–H groups in total. The van der Waals surface area contributed by atoms with Crippen LogP contribution in [-0.2, 0) is 17.9 Å². The number of nitrogens with one attached hydrogen (secondary N) is 1. The summed E-state index contributed by atoms with van der Waals surface area (Å²) in [6, 6.07) is 27.1. The second kappa shape index (κ2) is 10.5. The van der Waals surface area contributed by atoms with Gasteiger partial charge < -0.3 is 14.6 Å². The summed E-state index contributed by atoms with van der Waals surface area (Å²) in [6.45, 7) is 0.373. The number of carbonyl (C=O) groups excluding carboxylic acids is 1. The first-order valence-electron chi connectivity index (χ1n) is 10.3. The number of rotatable bonds is 9. The highest BCUT2D eigenvalue weighted by molar-refractivity contribution is 7.99. The van der Waals surface area contributed by atoms with Gasteiger partial charge in [-0.1, -0.05) is 42.5 Å². The van der Waals surface area contributed by atoms with E-state index in [1.54, 1.807) is 11.8 Å². The Balaban J connectivity index is 1.52. The fourth-order valence-corrected chi connectivity index (χ4v) is 4.17. The molecule has 0 unspecified atom stereocenters. The van der Waals surface area contributed by atoms with E-state index in [9.17, 15) is 4.79 Å². The highest BCUT2D eigenvalue weighted by atomic mass is 32.2. The van der Waals surface area contributed by atoms with Crippen LogP contribution in [0.3, 0.4) is 0 Å². The molecule has 3 aromatic carbocycles. The van der Waals surface area contributed by atoms with Crippen LogP contribution in [-0.4, -0.2) is 21.2 Å². The number of ether oxygens (including phenoxy) is 1. The molecule has 0 saturated heterocycles. The van der Waals surface area contributed by atoms with E-state index in [0.29, 0.717) is 18.0 Å². The van der Waals surface area contributed by atoms with Crippen LogP contribution in [0.2, 0.25) is 0 Å². The zero-order valence-electron chi connectivity index (χ0n) is 17.4. The Morgan fingerprint density at radius 1 is 1.03 bits per heavy atom.